The number of halogens is 1. The minimum atomic E-state index is -0.720. The van der Waals surface area contributed by atoms with Gasteiger partial charge < -0.3 is 25.0 Å². The van der Waals surface area contributed by atoms with Gasteiger partial charge in [-0.3, -0.25) is 15.1 Å². The van der Waals surface area contributed by atoms with E-state index >= 15 is 0 Å². The van der Waals surface area contributed by atoms with E-state index in [2.05, 4.69) is 26.0 Å². The van der Waals surface area contributed by atoms with Gasteiger partial charge in [-0.25, -0.2) is 13.9 Å². The Kier molecular flexibility index (Phi) is 11.7. The van der Waals surface area contributed by atoms with Crippen LogP contribution in [0.25, 0.3) is 5.69 Å². The van der Waals surface area contributed by atoms with Gasteiger partial charge in [-0.05, 0) is 48.0 Å². The van der Waals surface area contributed by atoms with Crippen LogP contribution in [0.3, 0.4) is 0 Å². The highest BCUT2D eigenvalue weighted by Crippen LogP contribution is 2.28. The molecule has 47 heavy (non-hydrogen) atoms. The molecule has 0 radical (unpaired) electrons. The number of aromatic nitrogens is 3. The molecule has 13 heteroatoms. The fourth-order valence-corrected chi connectivity index (χ4v) is 4.37. The number of anilines is 2. The zero-order valence-electron chi connectivity index (χ0n) is 26.2. The number of hydrogen-bond acceptors (Lipinski definition) is 8. The second kappa shape index (κ2) is 15.9. The molecule has 0 atom stereocenters. The average molecular weight is 659 g/mol. The molecule has 2 heterocycles. The molecular weight excluding hydrogens is 623 g/mol. The molecule has 0 aliphatic carbocycles. The second-order valence-corrected chi connectivity index (χ2v) is 11.7. The van der Waals surface area contributed by atoms with E-state index < -0.39 is 11.8 Å². The van der Waals surface area contributed by atoms with Crippen molar-refractivity contribution >= 4 is 35.5 Å². The van der Waals surface area contributed by atoms with Gasteiger partial charge >= 0.3 is 6.03 Å². The summed E-state index contributed by atoms with van der Waals surface area (Å²) in [6, 6.07) is 24.6. The molecule has 3 amide bonds. The third-order valence-corrected chi connectivity index (χ3v) is 7.00. The van der Waals surface area contributed by atoms with E-state index in [1.807, 2.05) is 51.1 Å². The monoisotopic (exact) mass is 658 g/mol. The van der Waals surface area contributed by atoms with Crippen molar-refractivity contribution < 1.29 is 28.4 Å². The van der Waals surface area contributed by atoms with Crippen molar-refractivity contribution in [3.8, 4) is 17.2 Å². The zero-order valence-corrected chi connectivity index (χ0v) is 27.0. The van der Waals surface area contributed by atoms with Gasteiger partial charge in [-0.1, -0.05) is 51.1 Å². The molecule has 5 aromatic rings. The van der Waals surface area contributed by atoms with Crippen LogP contribution < -0.4 is 20.7 Å². The van der Waals surface area contributed by atoms with E-state index in [0.29, 0.717) is 22.8 Å². The molecule has 0 aliphatic rings. The van der Waals surface area contributed by atoms with E-state index in [0.717, 1.165) is 28.7 Å². The van der Waals surface area contributed by atoms with Crippen molar-refractivity contribution in [1.29, 1.82) is 0 Å². The molecule has 0 saturated heterocycles. The molecule has 5 rings (SSSR count). The van der Waals surface area contributed by atoms with Crippen molar-refractivity contribution in [3.05, 3.63) is 120 Å². The predicted octanol–water partition coefficient (Wildman–Crippen LogP) is 7.24. The standard InChI is InChI=1S/C28H29FN6O4.C6H6OS/c1-28(2,3)24-15-25(35(34-24)18-7-5-6-17(12-18)16-36)33-27(38)32-22-9-8-19(13-21(22)29)39-20-10-11-31-23(14-20)26(37)30-4;7-8-6-4-2-1-3-5-6/h5-15,36H,16H2,1-4H3,(H,30,37)(H2,32,33,38);1-5,7H. The van der Waals surface area contributed by atoms with Crippen LogP contribution in [0.5, 0.6) is 11.5 Å². The smallest absolute Gasteiger partial charge is 0.324 e. The molecule has 0 aliphatic heterocycles. The molecule has 0 fully saturated rings. The predicted molar refractivity (Wildman–Crippen MR) is 180 cm³/mol. The Hall–Kier alpha value is -5.24. The van der Waals surface area contributed by atoms with Crippen molar-refractivity contribution in [2.45, 2.75) is 37.7 Å². The zero-order chi connectivity index (χ0) is 34.0. The fraction of sp³-hybridized carbons (Fsp3) is 0.176. The number of nitrogens with zero attached hydrogens (tertiary/aromatic N) is 3. The van der Waals surface area contributed by atoms with Crippen molar-refractivity contribution in [2.75, 3.05) is 17.7 Å². The highest BCUT2D eigenvalue weighted by molar-refractivity contribution is 7.93. The van der Waals surface area contributed by atoms with Crippen molar-refractivity contribution in [1.82, 2.24) is 20.1 Å². The molecule has 11 nitrogen and oxygen atoms in total. The molecular formula is C34H35FN6O5S. The first-order chi connectivity index (χ1) is 22.5. The number of benzene rings is 3. The first kappa shape index (κ1) is 34.6. The van der Waals surface area contributed by atoms with Crippen LogP contribution in [0, 0.1) is 5.82 Å². The number of aliphatic hydroxyl groups excluding tert-OH is 1. The Morgan fingerprint density at radius 1 is 0.936 bits per heavy atom. The first-order valence-electron chi connectivity index (χ1n) is 14.4. The Balaban J connectivity index is 0.000000546. The maximum atomic E-state index is 14.9. The fourth-order valence-electron chi connectivity index (χ4n) is 4.09. The van der Waals surface area contributed by atoms with Crippen LogP contribution in [0.2, 0.25) is 0 Å². The number of rotatable bonds is 8. The average Bonchev–Trinajstić information content (AvgIpc) is 3.51. The maximum Gasteiger partial charge on any atom is 0.324 e. The van der Waals surface area contributed by atoms with Gasteiger partial charge in [0.15, 0.2) is 0 Å². The largest absolute Gasteiger partial charge is 0.457 e. The Morgan fingerprint density at radius 3 is 2.32 bits per heavy atom. The van der Waals surface area contributed by atoms with Crippen LogP contribution in [-0.2, 0) is 12.0 Å². The summed E-state index contributed by atoms with van der Waals surface area (Å²) in [7, 11) is 1.49. The van der Waals surface area contributed by atoms with E-state index in [1.54, 1.807) is 35.0 Å². The van der Waals surface area contributed by atoms with Crippen LogP contribution in [0.15, 0.2) is 102 Å². The third kappa shape index (κ3) is 9.63. The number of aliphatic hydroxyl groups is 1. The number of carbonyl (C=O) groups is 2. The summed E-state index contributed by atoms with van der Waals surface area (Å²) in [5.41, 5.74) is 1.86. The highest BCUT2D eigenvalue weighted by Gasteiger charge is 2.22. The van der Waals surface area contributed by atoms with Crippen LogP contribution in [0.1, 0.15) is 42.5 Å². The van der Waals surface area contributed by atoms with Crippen molar-refractivity contribution in [3.63, 3.8) is 0 Å². The lowest BCUT2D eigenvalue weighted by molar-refractivity contribution is 0.0957. The van der Waals surface area contributed by atoms with Crippen molar-refractivity contribution in [2.24, 2.45) is 0 Å². The van der Waals surface area contributed by atoms with E-state index in [9.17, 15) is 19.1 Å². The van der Waals surface area contributed by atoms with Gasteiger partial charge in [-0.2, -0.15) is 5.10 Å². The Labute approximate surface area is 276 Å². The molecule has 0 spiro atoms. The summed E-state index contributed by atoms with van der Waals surface area (Å²) < 4.78 is 30.5. The lowest BCUT2D eigenvalue weighted by atomic mass is 9.92. The normalized spacial score (nSPS) is 10.8. The molecule has 2 aromatic heterocycles. The number of carbonyl (C=O) groups excluding carboxylic acids is 2. The minimum absolute atomic E-state index is 0.0648. The minimum Gasteiger partial charge on any atom is -0.457 e. The molecule has 0 bridgehead atoms. The summed E-state index contributed by atoms with van der Waals surface area (Å²) in [5.74, 6) is -0.256. The summed E-state index contributed by atoms with van der Waals surface area (Å²) >= 11 is 0.769. The molecule has 0 saturated carbocycles. The summed E-state index contributed by atoms with van der Waals surface area (Å²) in [4.78, 5) is 29.5. The highest BCUT2D eigenvalue weighted by atomic mass is 32.2. The van der Waals surface area contributed by atoms with Gasteiger partial charge in [0, 0.05) is 53.8 Å². The maximum absolute atomic E-state index is 14.9. The lowest BCUT2D eigenvalue weighted by Crippen LogP contribution is -2.22. The topological polar surface area (TPSA) is 151 Å². The number of urea groups is 1. The van der Waals surface area contributed by atoms with Gasteiger partial charge in [0.2, 0.25) is 0 Å². The quantitative estimate of drug-likeness (QED) is 0.110. The van der Waals surface area contributed by atoms with Gasteiger partial charge in [0.25, 0.3) is 5.91 Å². The summed E-state index contributed by atoms with van der Waals surface area (Å²) in [5, 5.41) is 21.9. The van der Waals surface area contributed by atoms with Crippen LogP contribution >= 0.6 is 12.0 Å². The van der Waals surface area contributed by atoms with E-state index in [4.69, 9.17) is 9.29 Å². The van der Waals surface area contributed by atoms with Gasteiger partial charge in [0.05, 0.1) is 23.7 Å². The number of pyridine rings is 1. The number of amides is 3. The first-order valence-corrected chi connectivity index (χ1v) is 15.2. The number of nitrogens with one attached hydrogen (secondary N) is 3. The molecule has 244 valence electrons. The van der Waals surface area contributed by atoms with Gasteiger partial charge in [-0.15, -0.1) is 0 Å². The number of ether oxygens (including phenoxy) is 1. The molecule has 5 N–H and O–H groups in total. The lowest BCUT2D eigenvalue weighted by Gasteiger charge is -2.14. The van der Waals surface area contributed by atoms with E-state index in [-0.39, 0.29) is 35.1 Å². The Morgan fingerprint density at radius 2 is 1.68 bits per heavy atom. The SMILES string of the molecule is CNC(=O)c1cc(Oc2ccc(NC(=O)Nc3cc(C(C)(C)C)nn3-c3cccc(CO)c3)c(F)c2)ccn1.OSc1ccccc1. The molecule has 0 unspecified atom stereocenters. The molecule has 3 aromatic carbocycles. The van der Waals surface area contributed by atoms with E-state index in [1.165, 1.54) is 37.5 Å². The van der Waals surface area contributed by atoms with Crippen LogP contribution in [0.4, 0.5) is 20.7 Å². The summed E-state index contributed by atoms with van der Waals surface area (Å²) in [6.45, 7) is 5.86. The third-order valence-electron chi connectivity index (χ3n) is 6.52. The number of hydrogen-bond donors (Lipinski definition) is 5. The Bertz CT molecular complexity index is 1830. The summed E-state index contributed by atoms with van der Waals surface area (Å²) in [6.07, 6.45) is 1.41. The van der Waals surface area contributed by atoms with Crippen LogP contribution in [-0.4, -0.2) is 43.4 Å². The second-order valence-electron chi connectivity index (χ2n) is 11.1. The van der Waals surface area contributed by atoms with Gasteiger partial charge in [0.1, 0.15) is 28.8 Å².